The van der Waals surface area contributed by atoms with E-state index in [0.29, 0.717) is 5.76 Å². The highest BCUT2D eigenvalue weighted by atomic mass is 16.6. The fourth-order valence-electron chi connectivity index (χ4n) is 0.652. The lowest BCUT2D eigenvalue weighted by atomic mass is 10.3. The molecule has 3 heteroatoms. The van der Waals surface area contributed by atoms with E-state index in [9.17, 15) is 4.79 Å². The molecule has 1 N–H and O–H groups in total. The lowest BCUT2D eigenvalue weighted by Crippen LogP contribution is -1.88. The van der Waals surface area contributed by atoms with Crippen LogP contribution in [-0.4, -0.2) is 11.1 Å². The number of rotatable bonds is 3. The predicted molar refractivity (Wildman–Crippen MR) is 30.7 cm³/mol. The average molecular weight is 128 g/mol. The van der Waals surface area contributed by atoms with Crippen LogP contribution in [0.4, 0.5) is 0 Å². The molecule has 0 saturated carbocycles. The zero-order chi connectivity index (χ0) is 6.85. The molecule has 0 bridgehead atoms. The van der Waals surface area contributed by atoms with Crippen molar-refractivity contribution in [1.29, 1.82) is 0 Å². The van der Waals surface area contributed by atoms with Gasteiger partial charge in [-0.15, -0.1) is 0 Å². The molecule has 0 amide bonds. The molecular weight excluding hydrogens is 120 g/mol. The molecule has 0 radical (unpaired) electrons. The molecule has 0 unspecified atom stereocenters. The summed E-state index contributed by atoms with van der Waals surface area (Å²) in [5.41, 5.74) is 0. The molecule has 0 fully saturated rings. The first-order valence-corrected chi connectivity index (χ1v) is 2.90. The molecule has 0 aromatic rings. The summed E-state index contributed by atoms with van der Waals surface area (Å²) >= 11 is 0. The molecule has 9 heavy (non-hydrogen) atoms. The highest BCUT2D eigenvalue weighted by Gasteiger charge is 2.30. The fraction of sp³-hybridized carbons (Fsp3) is 0.500. The number of aliphatic carboxylic acids is 1. The van der Waals surface area contributed by atoms with Crippen LogP contribution in [0.1, 0.15) is 19.8 Å². The van der Waals surface area contributed by atoms with Gasteiger partial charge in [-0.05, 0) is 6.42 Å². The van der Waals surface area contributed by atoms with E-state index in [0.717, 1.165) is 12.8 Å². The summed E-state index contributed by atoms with van der Waals surface area (Å²) in [7, 11) is 0. The number of hydrogen-bond donors (Lipinski definition) is 1. The van der Waals surface area contributed by atoms with Crippen LogP contribution in [0.15, 0.2) is 11.5 Å². The zero-order valence-electron chi connectivity index (χ0n) is 5.18. The molecule has 0 atom stereocenters. The molecule has 3 nitrogen and oxygen atoms in total. The maximum atomic E-state index is 10.1. The van der Waals surface area contributed by atoms with E-state index in [4.69, 9.17) is 5.11 Å². The highest BCUT2D eigenvalue weighted by Crippen LogP contribution is 2.29. The molecule has 1 aliphatic heterocycles. The number of allylic oxidation sites excluding steroid dienone is 1. The van der Waals surface area contributed by atoms with Gasteiger partial charge in [0.2, 0.25) is 5.76 Å². The second-order valence-corrected chi connectivity index (χ2v) is 1.91. The Labute approximate surface area is 52.9 Å². The second kappa shape index (κ2) is 2.09. The van der Waals surface area contributed by atoms with Crippen molar-refractivity contribution in [2.24, 2.45) is 0 Å². The van der Waals surface area contributed by atoms with E-state index in [-0.39, 0.29) is 5.76 Å². The van der Waals surface area contributed by atoms with Gasteiger partial charge >= 0.3 is 5.97 Å². The van der Waals surface area contributed by atoms with Gasteiger partial charge in [0, 0.05) is 6.42 Å². The van der Waals surface area contributed by atoms with Crippen LogP contribution in [0.5, 0.6) is 0 Å². The van der Waals surface area contributed by atoms with Gasteiger partial charge in [0.25, 0.3) is 0 Å². The van der Waals surface area contributed by atoms with E-state index < -0.39 is 5.97 Å². The van der Waals surface area contributed by atoms with Crippen molar-refractivity contribution in [3.63, 3.8) is 0 Å². The van der Waals surface area contributed by atoms with Gasteiger partial charge < -0.3 is 9.84 Å². The zero-order valence-corrected chi connectivity index (χ0v) is 5.18. The smallest absolute Gasteiger partial charge is 0.375 e. The Bertz CT molecular complexity index is 169. The van der Waals surface area contributed by atoms with E-state index in [2.05, 4.69) is 4.74 Å². The predicted octanol–water partition coefficient (Wildman–Crippen LogP) is 1.11. The van der Waals surface area contributed by atoms with E-state index in [1.165, 1.54) is 0 Å². The molecule has 1 heterocycles. The molecule has 0 aromatic heterocycles. The van der Waals surface area contributed by atoms with Crippen molar-refractivity contribution >= 4 is 5.97 Å². The highest BCUT2D eigenvalue weighted by molar-refractivity contribution is 5.88. The Hall–Kier alpha value is -0.990. The van der Waals surface area contributed by atoms with Gasteiger partial charge in [-0.25, -0.2) is 4.79 Å². The van der Waals surface area contributed by atoms with Crippen molar-refractivity contribution in [3.05, 3.63) is 11.5 Å². The Balaban J connectivity index is 2.40. The monoisotopic (exact) mass is 128 g/mol. The van der Waals surface area contributed by atoms with Gasteiger partial charge in [-0.2, -0.15) is 0 Å². The third-order valence-corrected chi connectivity index (χ3v) is 1.11. The van der Waals surface area contributed by atoms with Crippen molar-refractivity contribution in [2.75, 3.05) is 0 Å². The first-order chi connectivity index (χ1) is 4.25. The molecule has 0 aliphatic carbocycles. The third kappa shape index (κ3) is 1.22. The average Bonchev–Trinajstić information content (AvgIpc) is 2.47. The van der Waals surface area contributed by atoms with Gasteiger partial charge in [-0.1, -0.05) is 6.92 Å². The SMILES string of the molecule is CCCC1=C(C(=O)O)O1. The maximum absolute atomic E-state index is 10.1. The van der Waals surface area contributed by atoms with Crippen LogP contribution in [0, 0.1) is 0 Å². The standard InChI is InChI=1S/C6H8O3/c1-2-3-4-5(9-4)6(7)8/h2-3H2,1H3,(H,7,8). The normalized spacial score (nSPS) is 15.2. The molecular formula is C6H8O3. The van der Waals surface area contributed by atoms with Crippen molar-refractivity contribution in [1.82, 2.24) is 0 Å². The van der Waals surface area contributed by atoms with Crippen LogP contribution in [-0.2, 0) is 9.53 Å². The van der Waals surface area contributed by atoms with Crippen LogP contribution < -0.4 is 0 Å². The largest absolute Gasteiger partial charge is 0.475 e. The summed E-state index contributed by atoms with van der Waals surface area (Å²) in [4.78, 5) is 10.1. The lowest BCUT2D eigenvalue weighted by molar-refractivity contribution is -0.133. The number of carbonyl (C=O) groups is 1. The van der Waals surface area contributed by atoms with Crippen LogP contribution >= 0.6 is 0 Å². The Morgan fingerprint density at radius 2 is 2.44 bits per heavy atom. The minimum atomic E-state index is -0.946. The first kappa shape index (κ1) is 6.13. The molecule has 0 aromatic carbocycles. The van der Waals surface area contributed by atoms with E-state index >= 15 is 0 Å². The fourth-order valence-corrected chi connectivity index (χ4v) is 0.652. The van der Waals surface area contributed by atoms with Gasteiger partial charge in [0.05, 0.1) is 0 Å². The summed E-state index contributed by atoms with van der Waals surface area (Å²) in [6, 6.07) is 0. The molecule has 1 rings (SSSR count). The number of carboxylic acid groups (broad SMARTS) is 1. The van der Waals surface area contributed by atoms with Crippen molar-refractivity contribution in [2.45, 2.75) is 19.8 Å². The molecule has 50 valence electrons. The second-order valence-electron chi connectivity index (χ2n) is 1.91. The van der Waals surface area contributed by atoms with Gasteiger partial charge in [0.1, 0.15) is 0 Å². The number of carboxylic acids is 1. The summed E-state index contributed by atoms with van der Waals surface area (Å²) in [5, 5.41) is 8.27. The van der Waals surface area contributed by atoms with E-state index in [1.807, 2.05) is 6.92 Å². The van der Waals surface area contributed by atoms with Crippen molar-refractivity contribution < 1.29 is 14.6 Å². The Kier molecular flexibility index (Phi) is 1.42. The number of ether oxygens (including phenoxy) is 1. The summed E-state index contributed by atoms with van der Waals surface area (Å²) in [6.07, 6.45) is 1.69. The van der Waals surface area contributed by atoms with Crippen LogP contribution in [0.2, 0.25) is 0 Å². The first-order valence-electron chi connectivity index (χ1n) is 2.90. The topological polar surface area (TPSA) is 49.8 Å². The number of hydrogen-bond acceptors (Lipinski definition) is 2. The van der Waals surface area contributed by atoms with Crippen molar-refractivity contribution in [3.8, 4) is 0 Å². The molecule has 1 aliphatic rings. The maximum Gasteiger partial charge on any atom is 0.375 e. The third-order valence-electron chi connectivity index (χ3n) is 1.11. The van der Waals surface area contributed by atoms with Gasteiger partial charge in [-0.3, -0.25) is 0 Å². The molecule has 0 spiro atoms. The van der Waals surface area contributed by atoms with Crippen LogP contribution in [0.3, 0.4) is 0 Å². The van der Waals surface area contributed by atoms with Gasteiger partial charge in [0.15, 0.2) is 5.76 Å². The van der Waals surface area contributed by atoms with Crippen LogP contribution in [0.25, 0.3) is 0 Å². The lowest BCUT2D eigenvalue weighted by Gasteiger charge is -1.76. The quantitative estimate of drug-likeness (QED) is 0.619. The summed E-state index contributed by atoms with van der Waals surface area (Å²) in [5.74, 6) is -0.152. The minimum Gasteiger partial charge on any atom is -0.475 e. The molecule has 0 saturated heterocycles. The summed E-state index contributed by atoms with van der Waals surface area (Å²) in [6.45, 7) is 1.98. The summed E-state index contributed by atoms with van der Waals surface area (Å²) < 4.78 is 4.65. The van der Waals surface area contributed by atoms with E-state index in [1.54, 1.807) is 0 Å². The minimum absolute atomic E-state index is 0.150. The Morgan fingerprint density at radius 1 is 1.78 bits per heavy atom. The Morgan fingerprint density at radius 3 is 2.78 bits per heavy atom.